The van der Waals surface area contributed by atoms with Gasteiger partial charge in [0.25, 0.3) is 10.1 Å². The molecule has 0 aliphatic rings. The van der Waals surface area contributed by atoms with E-state index in [0.717, 1.165) is 5.39 Å². The topological polar surface area (TPSA) is 105 Å². The molecule has 0 unspecified atom stereocenters. The molecule has 0 saturated heterocycles. The molecular weight excluding hydrogens is 356 g/mol. The summed E-state index contributed by atoms with van der Waals surface area (Å²) in [5, 5.41) is 10.0. The Balaban J connectivity index is 0.000000185. The van der Waals surface area contributed by atoms with Crippen molar-refractivity contribution >= 4 is 32.7 Å². The van der Waals surface area contributed by atoms with Crippen molar-refractivity contribution in [1.29, 1.82) is 0 Å². The second-order valence-corrected chi connectivity index (χ2v) is 6.60. The van der Waals surface area contributed by atoms with Crippen LogP contribution in [0.3, 0.4) is 0 Å². The number of aromatic hydroxyl groups is 1. The molecule has 0 aliphatic carbocycles. The molecule has 0 saturated carbocycles. The van der Waals surface area contributed by atoms with E-state index in [1.165, 1.54) is 24.3 Å². The van der Waals surface area contributed by atoms with E-state index in [2.05, 4.69) is 0 Å². The van der Waals surface area contributed by atoms with Crippen molar-refractivity contribution < 1.29 is 22.5 Å². The molecule has 3 rings (SSSR count). The molecule has 126 valence electrons. The zero-order chi connectivity index (χ0) is 17.9. The Labute approximate surface area is 142 Å². The summed E-state index contributed by atoms with van der Waals surface area (Å²) < 4.78 is 34.1. The average Bonchev–Trinajstić information content (AvgIpc) is 2.53. The molecule has 8 heteroatoms. The van der Waals surface area contributed by atoms with Gasteiger partial charge in [0.1, 0.15) is 16.4 Å². The van der Waals surface area contributed by atoms with E-state index < -0.39 is 15.7 Å². The van der Waals surface area contributed by atoms with Gasteiger partial charge in [0.2, 0.25) is 0 Å². The lowest BCUT2D eigenvalue weighted by Crippen LogP contribution is -2.01. The number of benzene rings is 2. The molecule has 1 aromatic heterocycles. The van der Waals surface area contributed by atoms with Crippen LogP contribution in [0.5, 0.6) is 5.75 Å². The fraction of sp³-hybridized carbons (Fsp3) is 0.0625. The molecule has 0 atom stereocenters. The molecule has 0 bridgehead atoms. The lowest BCUT2D eigenvalue weighted by atomic mass is 10.1. The standard InChI is InChI=1S/C10H7ClO3.C6H6O3S/c1-5-7-3-2-6(12)4-8(7)14-10(13)9(5)11;7-10(8,9)6-4-2-1-3-5-6/h2-4,12H,1H3;1-5H,(H,7,8,9). The van der Waals surface area contributed by atoms with Gasteiger partial charge in [-0.1, -0.05) is 29.8 Å². The molecule has 1 heterocycles. The van der Waals surface area contributed by atoms with E-state index in [0.29, 0.717) is 11.1 Å². The third-order valence-corrected chi connectivity index (χ3v) is 4.43. The highest BCUT2D eigenvalue weighted by atomic mass is 35.5. The molecule has 6 nitrogen and oxygen atoms in total. The van der Waals surface area contributed by atoms with Crippen LogP contribution >= 0.6 is 11.6 Å². The number of phenols is 1. The van der Waals surface area contributed by atoms with Crippen molar-refractivity contribution in [2.45, 2.75) is 11.8 Å². The van der Waals surface area contributed by atoms with E-state index in [-0.39, 0.29) is 15.7 Å². The molecule has 0 spiro atoms. The van der Waals surface area contributed by atoms with Crippen molar-refractivity contribution in [3.05, 3.63) is 69.5 Å². The van der Waals surface area contributed by atoms with Gasteiger partial charge in [0.05, 0.1) is 4.90 Å². The highest BCUT2D eigenvalue weighted by Crippen LogP contribution is 2.24. The molecule has 0 aliphatic heterocycles. The van der Waals surface area contributed by atoms with E-state index in [1.54, 1.807) is 31.2 Å². The summed E-state index contributed by atoms with van der Waals surface area (Å²) in [6.07, 6.45) is 0. The minimum absolute atomic E-state index is 0.0578. The van der Waals surface area contributed by atoms with Gasteiger partial charge in [-0.2, -0.15) is 8.42 Å². The number of fused-ring (bicyclic) bond motifs is 1. The number of aryl methyl sites for hydroxylation is 1. The number of rotatable bonds is 1. The molecule has 0 radical (unpaired) electrons. The van der Waals surface area contributed by atoms with Gasteiger partial charge in [-0.3, -0.25) is 4.55 Å². The summed E-state index contributed by atoms with van der Waals surface area (Å²) >= 11 is 5.73. The molecule has 3 aromatic rings. The summed E-state index contributed by atoms with van der Waals surface area (Å²) in [5.74, 6) is 0.0578. The molecule has 2 N–H and O–H groups in total. The third kappa shape index (κ3) is 4.14. The summed E-state index contributed by atoms with van der Waals surface area (Å²) in [4.78, 5) is 11.1. The van der Waals surface area contributed by atoms with Crippen molar-refractivity contribution in [1.82, 2.24) is 0 Å². The van der Waals surface area contributed by atoms with Gasteiger partial charge in [0.15, 0.2) is 0 Å². The van der Waals surface area contributed by atoms with Crippen LogP contribution in [0.15, 0.2) is 62.6 Å². The van der Waals surface area contributed by atoms with Crippen LogP contribution < -0.4 is 5.63 Å². The quantitative estimate of drug-likeness (QED) is 0.504. The molecule has 24 heavy (non-hydrogen) atoms. The van der Waals surface area contributed by atoms with Crippen LogP contribution in [0, 0.1) is 6.92 Å². The van der Waals surface area contributed by atoms with Gasteiger partial charge in [-0.15, -0.1) is 0 Å². The van der Waals surface area contributed by atoms with Crippen LogP contribution in [0.4, 0.5) is 0 Å². The first-order valence-electron chi connectivity index (χ1n) is 6.64. The Morgan fingerprint density at radius 2 is 1.71 bits per heavy atom. The molecule has 0 fully saturated rings. The maximum Gasteiger partial charge on any atom is 0.355 e. The Morgan fingerprint density at radius 1 is 1.08 bits per heavy atom. The van der Waals surface area contributed by atoms with Gasteiger partial charge in [-0.05, 0) is 36.8 Å². The smallest absolute Gasteiger partial charge is 0.355 e. The summed E-state index contributed by atoms with van der Waals surface area (Å²) in [6.45, 7) is 1.73. The van der Waals surface area contributed by atoms with Crippen LogP contribution in [0.1, 0.15) is 5.56 Å². The Bertz CT molecular complexity index is 1030. The van der Waals surface area contributed by atoms with E-state index in [4.69, 9.17) is 20.6 Å². The van der Waals surface area contributed by atoms with Crippen LogP contribution in [0.2, 0.25) is 5.02 Å². The minimum Gasteiger partial charge on any atom is -0.508 e. The van der Waals surface area contributed by atoms with E-state index in [1.807, 2.05) is 0 Å². The molecule has 2 aromatic carbocycles. The maximum atomic E-state index is 11.2. The highest BCUT2D eigenvalue weighted by molar-refractivity contribution is 7.85. The predicted molar refractivity (Wildman–Crippen MR) is 90.2 cm³/mol. The molecular formula is C16H13ClO6S. The second-order valence-electron chi connectivity index (χ2n) is 4.80. The van der Waals surface area contributed by atoms with E-state index in [9.17, 15) is 18.3 Å². The van der Waals surface area contributed by atoms with Crippen LogP contribution in [0.25, 0.3) is 11.0 Å². The number of hydrogen-bond acceptors (Lipinski definition) is 5. The van der Waals surface area contributed by atoms with Crippen molar-refractivity contribution in [3.63, 3.8) is 0 Å². The minimum atomic E-state index is -4.00. The normalized spacial score (nSPS) is 11.0. The predicted octanol–water partition coefficient (Wildman–Crippen LogP) is 3.39. The van der Waals surface area contributed by atoms with Gasteiger partial charge >= 0.3 is 5.63 Å². The lowest BCUT2D eigenvalue weighted by Gasteiger charge is -2.02. The molecule has 0 amide bonds. The van der Waals surface area contributed by atoms with Gasteiger partial charge < -0.3 is 9.52 Å². The largest absolute Gasteiger partial charge is 0.508 e. The van der Waals surface area contributed by atoms with Crippen molar-refractivity contribution in [2.24, 2.45) is 0 Å². The second kappa shape index (κ2) is 7.04. The van der Waals surface area contributed by atoms with Gasteiger partial charge in [-0.25, -0.2) is 4.79 Å². The monoisotopic (exact) mass is 368 g/mol. The van der Waals surface area contributed by atoms with Gasteiger partial charge in [0, 0.05) is 11.5 Å². The fourth-order valence-electron chi connectivity index (χ4n) is 1.91. The highest BCUT2D eigenvalue weighted by Gasteiger charge is 2.09. The third-order valence-electron chi connectivity index (χ3n) is 3.12. The number of phenolic OH excluding ortho intramolecular Hbond substituents is 1. The van der Waals surface area contributed by atoms with E-state index >= 15 is 0 Å². The Kier molecular flexibility index (Phi) is 5.28. The first kappa shape index (κ1) is 18.0. The Hall–Kier alpha value is -2.35. The summed E-state index contributed by atoms with van der Waals surface area (Å²) in [6, 6.07) is 12.0. The Morgan fingerprint density at radius 3 is 2.25 bits per heavy atom. The SMILES string of the molecule is Cc1c(Cl)c(=O)oc2cc(O)ccc12.O=S(=O)(O)c1ccccc1. The first-order chi connectivity index (χ1) is 11.2. The number of hydrogen-bond donors (Lipinski definition) is 2. The lowest BCUT2D eigenvalue weighted by molar-refractivity contribution is 0.473. The van der Waals surface area contributed by atoms with Crippen LogP contribution in [-0.4, -0.2) is 18.1 Å². The van der Waals surface area contributed by atoms with Crippen LogP contribution in [-0.2, 0) is 10.1 Å². The average molecular weight is 369 g/mol. The zero-order valence-electron chi connectivity index (χ0n) is 12.4. The van der Waals surface area contributed by atoms with Crippen molar-refractivity contribution in [2.75, 3.05) is 0 Å². The first-order valence-corrected chi connectivity index (χ1v) is 8.46. The summed E-state index contributed by atoms with van der Waals surface area (Å²) in [7, 11) is -4.00. The summed E-state index contributed by atoms with van der Waals surface area (Å²) in [5.41, 5.74) is 0.428. The maximum absolute atomic E-state index is 11.2. The fourth-order valence-corrected chi connectivity index (χ4v) is 2.56. The zero-order valence-corrected chi connectivity index (χ0v) is 14.0. The number of halogens is 1. The van der Waals surface area contributed by atoms with Crippen molar-refractivity contribution in [3.8, 4) is 5.75 Å².